The average Bonchev–Trinajstić information content (AvgIpc) is 2.56. The fourth-order valence-corrected chi connectivity index (χ4v) is 3.84. The molecule has 2 aromatic carbocycles. The highest BCUT2D eigenvalue weighted by Gasteiger charge is 2.22. The molecule has 6 nitrogen and oxygen atoms in total. The van der Waals surface area contributed by atoms with Crippen molar-refractivity contribution < 1.29 is 17.9 Å². The molecule has 0 aromatic heterocycles. The summed E-state index contributed by atoms with van der Waals surface area (Å²) >= 11 is 3.26. The van der Waals surface area contributed by atoms with Crippen molar-refractivity contribution in [1.82, 2.24) is 5.32 Å². The van der Waals surface area contributed by atoms with Crippen molar-refractivity contribution >= 4 is 37.5 Å². The number of rotatable bonds is 6. The normalized spacial score (nSPS) is 11.0. The van der Waals surface area contributed by atoms with Gasteiger partial charge in [-0.05, 0) is 37.3 Å². The number of ether oxygens (including phenoxy) is 1. The van der Waals surface area contributed by atoms with E-state index in [0.29, 0.717) is 11.1 Å². The molecule has 0 aliphatic heterocycles. The topological polar surface area (TPSA) is 84.5 Å². The fraction of sp³-hybridized carbons (Fsp3) is 0.188. The molecule has 0 aliphatic carbocycles. The average molecular weight is 413 g/mol. The van der Waals surface area contributed by atoms with Gasteiger partial charge in [-0.1, -0.05) is 28.1 Å². The Morgan fingerprint density at radius 1 is 1.21 bits per heavy atom. The first-order chi connectivity index (χ1) is 11.4. The van der Waals surface area contributed by atoms with Crippen LogP contribution in [-0.4, -0.2) is 28.0 Å². The number of nitrogens with one attached hydrogen (secondary N) is 2. The van der Waals surface area contributed by atoms with E-state index in [1.165, 1.54) is 19.2 Å². The Morgan fingerprint density at radius 3 is 2.58 bits per heavy atom. The maximum Gasteiger partial charge on any atom is 0.265 e. The zero-order chi connectivity index (χ0) is 17.7. The Bertz CT molecular complexity index is 853. The summed E-state index contributed by atoms with van der Waals surface area (Å²) in [6, 6.07) is 11.1. The van der Waals surface area contributed by atoms with E-state index in [9.17, 15) is 13.2 Å². The minimum Gasteiger partial charge on any atom is -0.492 e. The van der Waals surface area contributed by atoms with Crippen molar-refractivity contribution in [3.8, 4) is 5.75 Å². The lowest BCUT2D eigenvalue weighted by atomic mass is 10.2. The van der Waals surface area contributed by atoms with Crippen molar-refractivity contribution in [2.24, 2.45) is 0 Å². The third kappa shape index (κ3) is 4.07. The Hall–Kier alpha value is -2.06. The van der Waals surface area contributed by atoms with E-state index in [1.54, 1.807) is 37.3 Å². The molecule has 0 fully saturated rings. The van der Waals surface area contributed by atoms with E-state index in [1.807, 2.05) is 0 Å². The molecule has 2 aromatic rings. The van der Waals surface area contributed by atoms with Gasteiger partial charge in [-0.3, -0.25) is 9.52 Å². The lowest BCUT2D eigenvalue weighted by molar-refractivity contribution is 0.0964. The zero-order valence-electron chi connectivity index (χ0n) is 13.2. The third-order valence-electron chi connectivity index (χ3n) is 3.14. The number of sulfonamides is 1. The molecule has 0 atom stereocenters. The lowest BCUT2D eigenvalue weighted by Crippen LogP contribution is -2.22. The quantitative estimate of drug-likeness (QED) is 0.763. The summed E-state index contributed by atoms with van der Waals surface area (Å²) in [4.78, 5) is 11.9. The van der Waals surface area contributed by atoms with Crippen LogP contribution in [0.4, 0.5) is 5.69 Å². The van der Waals surface area contributed by atoms with Gasteiger partial charge in [0, 0.05) is 11.5 Å². The molecule has 2 rings (SSSR count). The van der Waals surface area contributed by atoms with Gasteiger partial charge in [0.05, 0.1) is 17.9 Å². The second-order valence-electron chi connectivity index (χ2n) is 4.75. The number of para-hydroxylation sites is 1. The largest absolute Gasteiger partial charge is 0.492 e. The summed E-state index contributed by atoms with van der Waals surface area (Å²) in [6.07, 6.45) is 0. The van der Waals surface area contributed by atoms with Crippen molar-refractivity contribution in [1.29, 1.82) is 0 Å². The molecule has 0 bridgehead atoms. The van der Waals surface area contributed by atoms with Gasteiger partial charge in [0.15, 0.2) is 0 Å². The second-order valence-corrected chi connectivity index (χ2v) is 7.32. The van der Waals surface area contributed by atoms with E-state index >= 15 is 0 Å². The third-order valence-corrected chi connectivity index (χ3v) is 5.02. The van der Waals surface area contributed by atoms with E-state index in [0.717, 1.165) is 0 Å². The minimum atomic E-state index is -3.94. The molecule has 24 heavy (non-hydrogen) atoms. The summed E-state index contributed by atoms with van der Waals surface area (Å²) in [5.41, 5.74) is 0.427. The van der Waals surface area contributed by atoms with Gasteiger partial charge < -0.3 is 10.1 Å². The number of halogens is 1. The van der Waals surface area contributed by atoms with Crippen LogP contribution >= 0.6 is 15.9 Å². The Balaban J connectivity index is 2.47. The predicted octanol–water partition coefficient (Wildman–Crippen LogP) is 3.01. The molecule has 1 amide bonds. The number of carbonyl (C=O) groups excluding carboxylic acids is 1. The first kappa shape index (κ1) is 18.3. The molecule has 0 radical (unpaired) electrons. The van der Waals surface area contributed by atoms with Crippen LogP contribution in [0.5, 0.6) is 5.75 Å². The number of amides is 1. The number of carbonyl (C=O) groups is 1. The molecule has 0 unspecified atom stereocenters. The first-order valence-corrected chi connectivity index (χ1v) is 9.43. The number of hydrogen-bond acceptors (Lipinski definition) is 4. The lowest BCUT2D eigenvalue weighted by Gasteiger charge is -2.15. The van der Waals surface area contributed by atoms with Gasteiger partial charge in [0.1, 0.15) is 10.6 Å². The van der Waals surface area contributed by atoms with Crippen LogP contribution in [-0.2, 0) is 10.0 Å². The highest BCUT2D eigenvalue weighted by atomic mass is 79.9. The highest BCUT2D eigenvalue weighted by molar-refractivity contribution is 9.10. The summed E-state index contributed by atoms with van der Waals surface area (Å²) in [5, 5.41) is 2.48. The van der Waals surface area contributed by atoms with Crippen LogP contribution in [0.25, 0.3) is 0 Å². The summed E-state index contributed by atoms with van der Waals surface area (Å²) in [6.45, 7) is 2.10. The maximum absolute atomic E-state index is 12.8. The van der Waals surface area contributed by atoms with Gasteiger partial charge >= 0.3 is 0 Å². The highest BCUT2D eigenvalue weighted by Crippen LogP contribution is 2.30. The van der Waals surface area contributed by atoms with Crippen molar-refractivity contribution in [3.63, 3.8) is 0 Å². The van der Waals surface area contributed by atoms with Crippen LogP contribution in [0.2, 0.25) is 0 Å². The molecule has 0 saturated heterocycles. The molecule has 2 N–H and O–H groups in total. The molecule has 0 saturated carbocycles. The maximum atomic E-state index is 12.8. The monoisotopic (exact) mass is 412 g/mol. The standard InChI is InChI=1S/C16H17BrN2O4S/c1-3-23-14-9-8-11(17)10-15(14)24(21,22)19-13-7-5-4-6-12(13)16(20)18-2/h4-10,19H,3H2,1-2H3,(H,18,20). The zero-order valence-corrected chi connectivity index (χ0v) is 15.6. The smallest absolute Gasteiger partial charge is 0.265 e. The van der Waals surface area contributed by atoms with Crippen molar-refractivity contribution in [2.75, 3.05) is 18.4 Å². The Morgan fingerprint density at radius 2 is 1.92 bits per heavy atom. The first-order valence-electron chi connectivity index (χ1n) is 7.15. The van der Waals surface area contributed by atoms with E-state index in [2.05, 4.69) is 26.0 Å². The summed E-state index contributed by atoms with van der Waals surface area (Å²) in [5.74, 6) is -0.141. The molecule has 128 valence electrons. The summed E-state index contributed by atoms with van der Waals surface area (Å²) in [7, 11) is -2.46. The molecule has 8 heteroatoms. The van der Waals surface area contributed by atoms with Gasteiger partial charge in [0.2, 0.25) is 0 Å². The van der Waals surface area contributed by atoms with Gasteiger partial charge in [0.25, 0.3) is 15.9 Å². The van der Waals surface area contributed by atoms with Gasteiger partial charge in [-0.25, -0.2) is 8.42 Å². The van der Waals surface area contributed by atoms with Crippen LogP contribution < -0.4 is 14.8 Å². The molecular weight excluding hydrogens is 396 g/mol. The Kier molecular flexibility index (Phi) is 5.84. The van der Waals surface area contributed by atoms with Crippen LogP contribution in [0.15, 0.2) is 51.8 Å². The minimum absolute atomic E-state index is 0.00886. The number of hydrogen-bond donors (Lipinski definition) is 2. The van der Waals surface area contributed by atoms with E-state index < -0.39 is 10.0 Å². The van der Waals surface area contributed by atoms with E-state index in [4.69, 9.17) is 4.74 Å². The molecule has 0 aliphatic rings. The molecule has 0 spiro atoms. The number of anilines is 1. The molecule has 0 heterocycles. The SMILES string of the molecule is CCOc1ccc(Br)cc1S(=O)(=O)Nc1ccccc1C(=O)NC. The molecular formula is C16H17BrN2O4S. The van der Waals surface area contributed by atoms with Crippen LogP contribution in [0, 0.1) is 0 Å². The van der Waals surface area contributed by atoms with E-state index in [-0.39, 0.29) is 27.8 Å². The van der Waals surface area contributed by atoms with Crippen molar-refractivity contribution in [2.45, 2.75) is 11.8 Å². The van der Waals surface area contributed by atoms with Crippen LogP contribution in [0.1, 0.15) is 17.3 Å². The Labute approximate surface area is 149 Å². The fourth-order valence-electron chi connectivity index (χ4n) is 2.07. The second kappa shape index (κ2) is 7.67. The predicted molar refractivity (Wildman–Crippen MR) is 96.0 cm³/mol. The van der Waals surface area contributed by atoms with Gasteiger partial charge in [-0.2, -0.15) is 0 Å². The summed E-state index contributed by atoms with van der Waals surface area (Å²) < 4.78 is 34.0. The van der Waals surface area contributed by atoms with Crippen LogP contribution in [0.3, 0.4) is 0 Å². The van der Waals surface area contributed by atoms with Gasteiger partial charge in [-0.15, -0.1) is 0 Å². The van der Waals surface area contributed by atoms with Crippen molar-refractivity contribution in [3.05, 3.63) is 52.5 Å². The number of benzene rings is 2.